The molecule has 0 amide bonds. The number of thiophene rings is 1. The Morgan fingerprint density at radius 1 is 1.24 bits per heavy atom. The first-order chi connectivity index (χ1) is 12.2. The summed E-state index contributed by atoms with van der Waals surface area (Å²) in [6.07, 6.45) is 4.18. The lowest BCUT2D eigenvalue weighted by Crippen LogP contribution is -2.37. The summed E-state index contributed by atoms with van der Waals surface area (Å²) in [5.41, 5.74) is 3.47. The highest BCUT2D eigenvalue weighted by atomic mass is 32.1. The first-order valence-corrected chi connectivity index (χ1v) is 9.81. The molecule has 0 aliphatic carbocycles. The Hall–Kier alpha value is -1.98. The van der Waals surface area contributed by atoms with Gasteiger partial charge in [-0.25, -0.2) is 4.98 Å². The van der Waals surface area contributed by atoms with Gasteiger partial charge in [-0.05, 0) is 48.7 Å². The molecule has 1 fully saturated rings. The van der Waals surface area contributed by atoms with E-state index in [0.29, 0.717) is 12.5 Å². The molecule has 25 heavy (non-hydrogen) atoms. The van der Waals surface area contributed by atoms with E-state index in [1.165, 1.54) is 29.7 Å². The van der Waals surface area contributed by atoms with Gasteiger partial charge in [-0.3, -0.25) is 9.36 Å². The van der Waals surface area contributed by atoms with E-state index in [0.717, 1.165) is 35.4 Å². The van der Waals surface area contributed by atoms with Gasteiger partial charge in [-0.15, -0.1) is 11.3 Å². The van der Waals surface area contributed by atoms with E-state index in [2.05, 4.69) is 40.2 Å². The highest BCUT2D eigenvalue weighted by Crippen LogP contribution is 2.26. The van der Waals surface area contributed by atoms with Crippen molar-refractivity contribution in [3.63, 3.8) is 0 Å². The summed E-state index contributed by atoms with van der Waals surface area (Å²) in [5, 5.41) is 2.01. The van der Waals surface area contributed by atoms with Gasteiger partial charge in [0.1, 0.15) is 4.70 Å². The number of fused-ring (bicyclic) bond motifs is 1. The molecule has 0 N–H and O–H groups in total. The van der Waals surface area contributed by atoms with Crippen LogP contribution in [0.3, 0.4) is 0 Å². The molecule has 4 rings (SSSR count). The van der Waals surface area contributed by atoms with Crippen molar-refractivity contribution in [2.24, 2.45) is 0 Å². The molecule has 1 atom stereocenters. The zero-order valence-electron chi connectivity index (χ0n) is 14.5. The summed E-state index contributed by atoms with van der Waals surface area (Å²) in [5.74, 6) is 0.604. The summed E-state index contributed by atoms with van der Waals surface area (Å²) in [4.78, 5) is 19.6. The lowest BCUT2D eigenvalue weighted by molar-refractivity contribution is 0.200. The number of aromatic nitrogens is 2. The highest BCUT2D eigenvalue weighted by molar-refractivity contribution is 7.17. The Bertz CT molecular complexity index is 916. The van der Waals surface area contributed by atoms with Gasteiger partial charge in [0, 0.05) is 19.6 Å². The van der Waals surface area contributed by atoms with Crippen molar-refractivity contribution >= 4 is 21.6 Å². The van der Waals surface area contributed by atoms with E-state index in [1.54, 1.807) is 10.9 Å². The Labute approximate surface area is 151 Å². The van der Waals surface area contributed by atoms with Crippen molar-refractivity contribution in [1.29, 1.82) is 0 Å². The fourth-order valence-corrected chi connectivity index (χ4v) is 4.67. The first kappa shape index (κ1) is 16.5. The molecule has 0 bridgehead atoms. The summed E-state index contributed by atoms with van der Waals surface area (Å²) < 4.78 is 2.55. The molecular weight excluding hydrogens is 330 g/mol. The third-order valence-corrected chi connectivity index (χ3v) is 6.23. The fraction of sp³-hybridized carbons (Fsp3) is 0.400. The van der Waals surface area contributed by atoms with Crippen LogP contribution < -0.4 is 5.56 Å². The average molecular weight is 353 g/mol. The topological polar surface area (TPSA) is 38.1 Å². The zero-order valence-corrected chi connectivity index (χ0v) is 15.3. The van der Waals surface area contributed by atoms with Gasteiger partial charge in [0.2, 0.25) is 0 Å². The van der Waals surface area contributed by atoms with Crippen LogP contribution in [0.5, 0.6) is 0 Å². The van der Waals surface area contributed by atoms with Crippen molar-refractivity contribution in [2.45, 2.75) is 32.2 Å². The van der Waals surface area contributed by atoms with Crippen molar-refractivity contribution in [1.82, 2.24) is 14.5 Å². The fourth-order valence-electron chi connectivity index (χ4n) is 3.72. The number of benzene rings is 1. The van der Waals surface area contributed by atoms with Gasteiger partial charge in [0.15, 0.2) is 0 Å². The third-order valence-electron chi connectivity index (χ3n) is 5.16. The molecule has 2 aromatic heterocycles. The van der Waals surface area contributed by atoms with E-state index < -0.39 is 0 Å². The maximum absolute atomic E-state index is 12.6. The Morgan fingerprint density at radius 2 is 2.08 bits per heavy atom. The van der Waals surface area contributed by atoms with Crippen LogP contribution in [-0.2, 0) is 6.54 Å². The van der Waals surface area contributed by atoms with Crippen LogP contribution in [0.4, 0.5) is 0 Å². The molecule has 1 saturated heterocycles. The molecule has 5 heteroatoms. The third kappa shape index (κ3) is 3.39. The maximum Gasteiger partial charge on any atom is 0.271 e. The van der Waals surface area contributed by atoms with E-state index >= 15 is 0 Å². The van der Waals surface area contributed by atoms with Crippen molar-refractivity contribution < 1.29 is 0 Å². The Kier molecular flexibility index (Phi) is 4.68. The lowest BCUT2D eigenvalue weighted by Gasteiger charge is -2.33. The van der Waals surface area contributed by atoms with E-state index in [-0.39, 0.29) is 5.56 Å². The maximum atomic E-state index is 12.6. The minimum absolute atomic E-state index is 0.0970. The Balaban J connectivity index is 1.44. The number of hydrogen-bond acceptors (Lipinski definition) is 4. The van der Waals surface area contributed by atoms with Gasteiger partial charge in [-0.2, -0.15) is 0 Å². The molecule has 3 aromatic rings. The number of nitrogens with zero attached hydrogens (tertiary/aromatic N) is 3. The summed E-state index contributed by atoms with van der Waals surface area (Å²) in [6.45, 7) is 5.81. The highest BCUT2D eigenvalue weighted by Gasteiger charge is 2.21. The molecule has 1 aromatic carbocycles. The molecule has 1 aliphatic heterocycles. The predicted octanol–water partition coefficient (Wildman–Crippen LogP) is 3.65. The SMILES string of the molecule is Cc1csc2c(=O)n(CCN3CCC[C@H](c4ccccc4)C3)cnc12. The minimum atomic E-state index is 0.0970. The Morgan fingerprint density at radius 3 is 2.92 bits per heavy atom. The number of hydrogen-bond donors (Lipinski definition) is 0. The zero-order chi connectivity index (χ0) is 17.2. The molecule has 1 aliphatic rings. The van der Waals surface area contributed by atoms with Crippen molar-refractivity contribution in [3.8, 4) is 0 Å². The smallest absolute Gasteiger partial charge is 0.271 e. The monoisotopic (exact) mass is 353 g/mol. The van der Waals surface area contributed by atoms with Gasteiger partial charge >= 0.3 is 0 Å². The molecule has 0 saturated carbocycles. The molecule has 0 unspecified atom stereocenters. The summed E-state index contributed by atoms with van der Waals surface area (Å²) in [6, 6.07) is 10.8. The first-order valence-electron chi connectivity index (χ1n) is 8.93. The predicted molar refractivity (Wildman–Crippen MR) is 103 cm³/mol. The quantitative estimate of drug-likeness (QED) is 0.719. The van der Waals surface area contributed by atoms with Gasteiger partial charge in [-0.1, -0.05) is 30.3 Å². The molecule has 0 spiro atoms. The van der Waals surface area contributed by atoms with Gasteiger partial charge < -0.3 is 4.90 Å². The molecule has 3 heterocycles. The van der Waals surface area contributed by atoms with Crippen LogP contribution >= 0.6 is 11.3 Å². The van der Waals surface area contributed by atoms with Crippen molar-refractivity contribution in [2.75, 3.05) is 19.6 Å². The number of aryl methyl sites for hydroxylation is 1. The molecule has 130 valence electrons. The van der Waals surface area contributed by atoms with E-state index in [4.69, 9.17) is 0 Å². The van der Waals surface area contributed by atoms with Gasteiger partial charge in [0.25, 0.3) is 5.56 Å². The second-order valence-electron chi connectivity index (χ2n) is 6.89. The summed E-state index contributed by atoms with van der Waals surface area (Å²) in [7, 11) is 0. The standard InChI is InChI=1S/C20H23N3OS/c1-15-13-25-19-18(15)21-14-23(20(19)24)11-10-22-9-5-8-17(12-22)16-6-3-2-4-7-16/h2-4,6-7,13-14,17H,5,8-12H2,1H3/t17-/m0/s1. The summed E-state index contributed by atoms with van der Waals surface area (Å²) >= 11 is 1.50. The van der Waals surface area contributed by atoms with Crippen LogP contribution in [0.1, 0.15) is 29.9 Å². The average Bonchev–Trinajstić information content (AvgIpc) is 3.04. The van der Waals surface area contributed by atoms with Crippen LogP contribution in [0, 0.1) is 6.92 Å². The molecule has 4 nitrogen and oxygen atoms in total. The van der Waals surface area contributed by atoms with E-state index in [1.807, 2.05) is 12.3 Å². The van der Waals surface area contributed by atoms with Crippen LogP contribution in [0.15, 0.2) is 46.8 Å². The van der Waals surface area contributed by atoms with Crippen LogP contribution in [0.2, 0.25) is 0 Å². The number of likely N-dealkylation sites (tertiary alicyclic amines) is 1. The van der Waals surface area contributed by atoms with E-state index in [9.17, 15) is 4.79 Å². The molecular formula is C20H23N3OS. The second kappa shape index (κ2) is 7.10. The van der Waals surface area contributed by atoms with Crippen molar-refractivity contribution in [3.05, 3.63) is 63.5 Å². The van der Waals surface area contributed by atoms with Gasteiger partial charge in [0.05, 0.1) is 11.8 Å². The number of rotatable bonds is 4. The largest absolute Gasteiger partial charge is 0.301 e. The molecule has 0 radical (unpaired) electrons. The second-order valence-corrected chi connectivity index (χ2v) is 7.77. The lowest BCUT2D eigenvalue weighted by atomic mass is 9.91. The normalized spacial score (nSPS) is 18.7. The minimum Gasteiger partial charge on any atom is -0.301 e. The van der Waals surface area contributed by atoms with Crippen LogP contribution in [-0.4, -0.2) is 34.1 Å². The number of piperidine rings is 1. The van der Waals surface area contributed by atoms with Crippen LogP contribution in [0.25, 0.3) is 10.2 Å².